The van der Waals surface area contributed by atoms with Crippen molar-refractivity contribution < 1.29 is 33.3 Å². The third-order valence-corrected chi connectivity index (χ3v) is 7.15. The Hall–Kier alpha value is -3.47. The van der Waals surface area contributed by atoms with Gasteiger partial charge in [-0.05, 0) is 80.5 Å². The van der Waals surface area contributed by atoms with Gasteiger partial charge in [0.2, 0.25) is 11.8 Å². The van der Waals surface area contributed by atoms with E-state index in [0.717, 1.165) is 49.2 Å². The van der Waals surface area contributed by atoms with E-state index >= 15 is 0 Å². The number of imide groups is 1. The van der Waals surface area contributed by atoms with E-state index in [9.17, 15) is 14.4 Å². The van der Waals surface area contributed by atoms with Crippen molar-refractivity contribution in [3.8, 4) is 11.5 Å². The number of unbranched alkanes of at least 4 members (excludes halogenated alkanes) is 2. The summed E-state index contributed by atoms with van der Waals surface area (Å²) in [6.07, 6.45) is 4.42. The van der Waals surface area contributed by atoms with Crippen molar-refractivity contribution in [1.82, 2.24) is 10.2 Å². The number of carbonyl (C=O) groups excluding carboxylic acids is 3. The lowest BCUT2D eigenvalue weighted by atomic mass is 10.0. The second-order valence-corrected chi connectivity index (χ2v) is 10.4. The molecule has 41 heavy (non-hydrogen) atoms. The molecule has 1 saturated heterocycles. The number of hydrogen-bond acceptors (Lipinski definition) is 8. The molecule has 0 saturated carbocycles. The molecule has 2 aromatic rings. The summed E-state index contributed by atoms with van der Waals surface area (Å²) in [7, 11) is 0. The lowest BCUT2D eigenvalue weighted by Crippen LogP contribution is -2.52. The van der Waals surface area contributed by atoms with Crippen molar-refractivity contribution in [1.29, 1.82) is 0 Å². The van der Waals surface area contributed by atoms with Gasteiger partial charge in [0, 0.05) is 44.4 Å². The maximum Gasteiger partial charge on any atom is 0.255 e. The standard InChI is InChI=1S/C31H41N3O7/c1-22(32)23-7-5-8-25(19-23)40-16-4-2-3-13-38-14-6-15-39-17-18-41-26-9-10-27-24(20-26)21-34(31(27)37)28-11-12-29(35)33-30(28)36/h5,7-10,19-20,22,28H,2-4,6,11-18,21,32H2,1H3,(H,33,35,36). The number of fused-ring (bicyclic) bond motifs is 1. The molecule has 0 bridgehead atoms. The smallest absolute Gasteiger partial charge is 0.255 e. The van der Waals surface area contributed by atoms with Gasteiger partial charge >= 0.3 is 0 Å². The summed E-state index contributed by atoms with van der Waals surface area (Å²) in [6.45, 7) is 5.79. The number of benzene rings is 2. The molecule has 0 aromatic heterocycles. The number of nitrogens with zero attached hydrogens (tertiary/aromatic N) is 1. The zero-order valence-corrected chi connectivity index (χ0v) is 23.8. The highest BCUT2D eigenvalue weighted by Gasteiger charge is 2.39. The molecule has 4 rings (SSSR count). The number of amides is 3. The van der Waals surface area contributed by atoms with Crippen LogP contribution in [-0.2, 0) is 25.6 Å². The predicted molar refractivity (Wildman–Crippen MR) is 153 cm³/mol. The van der Waals surface area contributed by atoms with E-state index in [-0.39, 0.29) is 24.3 Å². The van der Waals surface area contributed by atoms with Crippen LogP contribution in [-0.4, -0.2) is 68.3 Å². The average Bonchev–Trinajstić information content (AvgIpc) is 3.28. The monoisotopic (exact) mass is 567 g/mol. The summed E-state index contributed by atoms with van der Waals surface area (Å²) in [6, 6.07) is 12.6. The zero-order chi connectivity index (χ0) is 29.0. The molecule has 10 nitrogen and oxygen atoms in total. The topological polar surface area (TPSA) is 129 Å². The van der Waals surface area contributed by atoms with Gasteiger partial charge in [0.15, 0.2) is 0 Å². The maximum atomic E-state index is 12.8. The molecule has 2 atom stereocenters. The van der Waals surface area contributed by atoms with E-state index in [0.29, 0.717) is 57.3 Å². The molecule has 2 aromatic carbocycles. The van der Waals surface area contributed by atoms with Crippen molar-refractivity contribution in [3.05, 3.63) is 59.2 Å². The molecular weight excluding hydrogens is 526 g/mol. The highest BCUT2D eigenvalue weighted by Crippen LogP contribution is 2.30. The number of nitrogens with two attached hydrogens (primary N) is 1. The maximum absolute atomic E-state index is 12.8. The molecule has 2 aliphatic heterocycles. The number of nitrogens with one attached hydrogen (secondary N) is 1. The lowest BCUT2D eigenvalue weighted by molar-refractivity contribution is -0.136. The van der Waals surface area contributed by atoms with Gasteiger partial charge < -0.3 is 29.6 Å². The SMILES string of the molecule is CC(N)c1cccc(OCCCCCOCCCOCCOc2ccc3c(c2)CN(C2CCC(=O)NC2=O)C3=O)c1. The summed E-state index contributed by atoms with van der Waals surface area (Å²) < 4.78 is 22.9. The van der Waals surface area contributed by atoms with Crippen LogP contribution in [0.4, 0.5) is 0 Å². The second kappa shape index (κ2) is 15.5. The van der Waals surface area contributed by atoms with Gasteiger partial charge in [-0.1, -0.05) is 12.1 Å². The molecule has 0 spiro atoms. The Bertz CT molecular complexity index is 1190. The van der Waals surface area contributed by atoms with E-state index in [4.69, 9.17) is 24.7 Å². The number of piperidine rings is 1. The number of rotatable bonds is 17. The number of carbonyl (C=O) groups is 3. The Labute approximate surface area is 241 Å². The number of ether oxygens (including phenoxy) is 4. The fourth-order valence-corrected chi connectivity index (χ4v) is 4.89. The minimum Gasteiger partial charge on any atom is -0.494 e. The molecular formula is C31H41N3O7. The van der Waals surface area contributed by atoms with Crippen LogP contribution < -0.4 is 20.5 Å². The van der Waals surface area contributed by atoms with Crippen molar-refractivity contribution in [2.24, 2.45) is 5.73 Å². The first-order chi connectivity index (χ1) is 19.9. The van der Waals surface area contributed by atoms with E-state index in [1.165, 1.54) is 4.90 Å². The average molecular weight is 568 g/mol. The largest absolute Gasteiger partial charge is 0.494 e. The van der Waals surface area contributed by atoms with E-state index in [1.807, 2.05) is 37.3 Å². The van der Waals surface area contributed by atoms with E-state index in [2.05, 4.69) is 5.32 Å². The van der Waals surface area contributed by atoms with Gasteiger partial charge in [0.1, 0.15) is 24.1 Å². The Balaban J connectivity index is 0.995. The molecule has 3 N–H and O–H groups in total. The molecule has 2 unspecified atom stereocenters. The summed E-state index contributed by atoms with van der Waals surface area (Å²) in [5, 5.41) is 2.32. The van der Waals surface area contributed by atoms with Gasteiger partial charge in [0.05, 0.1) is 13.2 Å². The lowest BCUT2D eigenvalue weighted by Gasteiger charge is -2.29. The van der Waals surface area contributed by atoms with Crippen LogP contribution in [0.1, 0.15) is 73.0 Å². The van der Waals surface area contributed by atoms with Crippen molar-refractivity contribution in [2.75, 3.05) is 39.6 Å². The number of hydrogen-bond donors (Lipinski definition) is 2. The molecule has 222 valence electrons. The molecule has 0 radical (unpaired) electrons. The zero-order valence-electron chi connectivity index (χ0n) is 23.8. The Morgan fingerprint density at radius 1 is 0.878 bits per heavy atom. The fraction of sp³-hybridized carbons (Fsp3) is 0.516. The van der Waals surface area contributed by atoms with Crippen molar-refractivity contribution >= 4 is 17.7 Å². The third kappa shape index (κ3) is 9.01. The van der Waals surface area contributed by atoms with Crippen LogP contribution in [0.5, 0.6) is 11.5 Å². The summed E-state index contributed by atoms with van der Waals surface area (Å²) >= 11 is 0. The van der Waals surface area contributed by atoms with Gasteiger partial charge in [-0.3, -0.25) is 19.7 Å². The Morgan fingerprint density at radius 2 is 1.61 bits per heavy atom. The van der Waals surface area contributed by atoms with E-state index in [1.54, 1.807) is 12.1 Å². The van der Waals surface area contributed by atoms with Gasteiger partial charge in [0.25, 0.3) is 5.91 Å². The van der Waals surface area contributed by atoms with Crippen LogP contribution in [0.25, 0.3) is 0 Å². The summed E-state index contributed by atoms with van der Waals surface area (Å²) in [5.74, 6) is 0.610. The van der Waals surface area contributed by atoms with Crippen LogP contribution in [0, 0.1) is 0 Å². The molecule has 0 aliphatic carbocycles. The fourth-order valence-electron chi connectivity index (χ4n) is 4.89. The Morgan fingerprint density at radius 3 is 2.41 bits per heavy atom. The first kappa shape index (κ1) is 30.5. The Kier molecular flexibility index (Phi) is 11.5. The highest BCUT2D eigenvalue weighted by atomic mass is 16.5. The first-order valence-electron chi connectivity index (χ1n) is 14.5. The van der Waals surface area contributed by atoms with Crippen LogP contribution in [0.2, 0.25) is 0 Å². The molecule has 1 fully saturated rings. The second-order valence-electron chi connectivity index (χ2n) is 10.4. The molecule has 2 heterocycles. The minimum atomic E-state index is -0.621. The van der Waals surface area contributed by atoms with Gasteiger partial charge in [-0.25, -0.2) is 0 Å². The van der Waals surface area contributed by atoms with Gasteiger partial charge in [-0.2, -0.15) is 0 Å². The van der Waals surface area contributed by atoms with Crippen LogP contribution >= 0.6 is 0 Å². The highest BCUT2D eigenvalue weighted by molar-refractivity contribution is 6.05. The first-order valence-corrected chi connectivity index (χ1v) is 14.5. The summed E-state index contributed by atoms with van der Waals surface area (Å²) in [4.78, 5) is 37.9. The van der Waals surface area contributed by atoms with Crippen molar-refractivity contribution in [2.45, 2.75) is 64.1 Å². The quantitative estimate of drug-likeness (QED) is 0.219. The minimum absolute atomic E-state index is 0.00176. The molecule has 10 heteroatoms. The third-order valence-electron chi connectivity index (χ3n) is 7.15. The summed E-state index contributed by atoms with van der Waals surface area (Å²) in [5.41, 5.74) is 8.37. The van der Waals surface area contributed by atoms with Crippen molar-refractivity contribution in [3.63, 3.8) is 0 Å². The van der Waals surface area contributed by atoms with E-state index < -0.39 is 11.9 Å². The van der Waals surface area contributed by atoms with Crippen LogP contribution in [0.3, 0.4) is 0 Å². The molecule has 3 amide bonds. The normalized spacial score (nSPS) is 17.4. The molecule has 2 aliphatic rings. The van der Waals surface area contributed by atoms with Gasteiger partial charge in [-0.15, -0.1) is 0 Å². The predicted octanol–water partition coefficient (Wildman–Crippen LogP) is 3.52. The van der Waals surface area contributed by atoms with Crippen LogP contribution in [0.15, 0.2) is 42.5 Å².